The molecule has 9 heteroatoms. The molecule has 2 rings (SSSR count). The number of hydrogen-bond donors (Lipinski definition) is 0. The Labute approximate surface area is 154 Å². The van der Waals surface area contributed by atoms with E-state index >= 15 is 0 Å². The molecule has 0 saturated heterocycles. The molecule has 0 fully saturated rings. The van der Waals surface area contributed by atoms with Crippen molar-refractivity contribution in [2.75, 3.05) is 13.2 Å². The third kappa shape index (κ3) is 6.96. The summed E-state index contributed by atoms with van der Waals surface area (Å²) in [6.07, 6.45) is 6.15. The molecule has 0 radical (unpaired) electrons. The lowest BCUT2D eigenvalue weighted by Crippen LogP contribution is -1.93. The van der Waals surface area contributed by atoms with Crippen molar-refractivity contribution in [1.82, 2.24) is 0 Å². The second-order valence-electron chi connectivity index (χ2n) is 5.02. The molecule has 27 heavy (non-hydrogen) atoms. The summed E-state index contributed by atoms with van der Waals surface area (Å²) in [5.74, 6) is 0.960. The van der Waals surface area contributed by atoms with Crippen LogP contribution in [0, 0.1) is 20.2 Å². The van der Waals surface area contributed by atoms with Gasteiger partial charge in [0.2, 0.25) is 0 Å². The quantitative estimate of drug-likeness (QED) is 0.268. The Hall–Kier alpha value is -3.72. The van der Waals surface area contributed by atoms with E-state index < -0.39 is 9.85 Å². The second kappa shape index (κ2) is 10.3. The summed E-state index contributed by atoms with van der Waals surface area (Å²) >= 11 is 0. The molecule has 0 aromatic heterocycles. The van der Waals surface area contributed by atoms with Crippen molar-refractivity contribution in [2.45, 2.75) is 0 Å². The molecule has 0 heterocycles. The maximum atomic E-state index is 10.5. The Bertz CT molecular complexity index is 745. The summed E-state index contributed by atoms with van der Waals surface area (Å²) in [6, 6.07) is 11.4. The van der Waals surface area contributed by atoms with E-state index in [1.54, 1.807) is 12.2 Å². The van der Waals surface area contributed by atoms with E-state index in [-0.39, 0.29) is 11.4 Å². The Morgan fingerprint density at radius 3 is 1.41 bits per heavy atom. The van der Waals surface area contributed by atoms with E-state index in [1.807, 2.05) is 0 Å². The number of ether oxygens (including phenoxy) is 3. The Kier molecular flexibility index (Phi) is 7.49. The first-order valence-corrected chi connectivity index (χ1v) is 7.76. The number of hydrogen-bond acceptors (Lipinski definition) is 7. The summed E-state index contributed by atoms with van der Waals surface area (Å²) in [6.45, 7) is 0.601. The largest absolute Gasteiger partial charge is 0.465 e. The molecule has 0 aliphatic rings. The highest BCUT2D eigenvalue weighted by Crippen LogP contribution is 2.18. The highest BCUT2D eigenvalue weighted by atomic mass is 16.6. The topological polar surface area (TPSA) is 114 Å². The zero-order valence-corrected chi connectivity index (χ0v) is 14.1. The zero-order valence-electron chi connectivity index (χ0n) is 14.1. The highest BCUT2D eigenvalue weighted by molar-refractivity contribution is 5.37. The maximum absolute atomic E-state index is 10.5. The average Bonchev–Trinajstić information content (AvgIpc) is 2.67. The number of nitro groups is 2. The molecule has 0 aliphatic carbocycles. The van der Waals surface area contributed by atoms with E-state index in [2.05, 4.69) is 0 Å². The van der Waals surface area contributed by atoms with Crippen LogP contribution in [0.15, 0.2) is 73.2 Å². The lowest BCUT2D eigenvalue weighted by molar-refractivity contribution is -0.385. The number of nitro benzene ring substituents is 2. The third-order valence-corrected chi connectivity index (χ3v) is 3.12. The molecule has 2 aromatic rings. The van der Waals surface area contributed by atoms with Crippen LogP contribution in [0.3, 0.4) is 0 Å². The van der Waals surface area contributed by atoms with Crippen LogP contribution in [0.5, 0.6) is 11.5 Å². The van der Waals surface area contributed by atoms with Crippen molar-refractivity contribution in [3.63, 3.8) is 0 Å². The van der Waals surface area contributed by atoms with Gasteiger partial charge in [0.1, 0.15) is 11.5 Å². The predicted molar refractivity (Wildman–Crippen MR) is 96.5 cm³/mol. The minimum atomic E-state index is -0.480. The minimum Gasteiger partial charge on any atom is -0.465 e. The van der Waals surface area contributed by atoms with E-state index in [0.29, 0.717) is 24.7 Å². The molecule has 0 N–H and O–H groups in total. The first-order chi connectivity index (χ1) is 13.1. The van der Waals surface area contributed by atoms with Crippen LogP contribution in [0.25, 0.3) is 0 Å². The van der Waals surface area contributed by atoms with Gasteiger partial charge in [-0.2, -0.15) is 0 Å². The molecule has 0 saturated carbocycles. The number of benzene rings is 2. The molecule has 0 atom stereocenters. The van der Waals surface area contributed by atoms with Gasteiger partial charge >= 0.3 is 0 Å². The SMILES string of the molecule is O=[N+]([O-])c1ccc(OC=CCOCC=COc2ccc([N+](=O)[O-])cc2)cc1. The number of non-ortho nitro benzene ring substituents is 2. The average molecular weight is 372 g/mol. The molecule has 0 aliphatic heterocycles. The maximum Gasteiger partial charge on any atom is 0.269 e. The zero-order chi connectivity index (χ0) is 19.5. The summed E-state index contributed by atoms with van der Waals surface area (Å²) in [4.78, 5) is 20.1. The molecular formula is C18H16N2O7. The van der Waals surface area contributed by atoms with Gasteiger partial charge in [0, 0.05) is 24.3 Å². The van der Waals surface area contributed by atoms with Crippen LogP contribution in [0.1, 0.15) is 0 Å². The van der Waals surface area contributed by atoms with Gasteiger partial charge < -0.3 is 14.2 Å². The fourth-order valence-electron chi connectivity index (χ4n) is 1.83. The van der Waals surface area contributed by atoms with E-state index in [9.17, 15) is 20.2 Å². The standard InChI is InChI=1S/C18H16N2O7/c21-19(22)15-3-7-17(8-4-15)26-13-1-11-25-12-2-14-27-18-9-5-16(6-10-18)20(23)24/h1-10,13-14H,11-12H2. The number of rotatable bonds is 10. The Morgan fingerprint density at radius 1 is 0.704 bits per heavy atom. The summed E-state index contributed by atoms with van der Waals surface area (Å²) < 4.78 is 15.9. The van der Waals surface area contributed by atoms with Crippen molar-refractivity contribution in [1.29, 1.82) is 0 Å². The van der Waals surface area contributed by atoms with Crippen LogP contribution in [0.4, 0.5) is 11.4 Å². The van der Waals surface area contributed by atoms with Gasteiger partial charge in [-0.3, -0.25) is 20.2 Å². The molecule has 0 unspecified atom stereocenters. The second-order valence-corrected chi connectivity index (χ2v) is 5.02. The van der Waals surface area contributed by atoms with Gasteiger partial charge in [-0.05, 0) is 36.4 Å². The van der Waals surface area contributed by atoms with Crippen molar-refractivity contribution in [3.8, 4) is 11.5 Å². The fourth-order valence-corrected chi connectivity index (χ4v) is 1.83. The van der Waals surface area contributed by atoms with Crippen molar-refractivity contribution in [3.05, 3.63) is 93.4 Å². The molecule has 0 spiro atoms. The molecule has 9 nitrogen and oxygen atoms in total. The molecule has 2 aromatic carbocycles. The first kappa shape index (κ1) is 19.6. The fraction of sp³-hybridized carbons (Fsp3) is 0.111. The Balaban J connectivity index is 1.60. The van der Waals surface area contributed by atoms with Crippen LogP contribution < -0.4 is 9.47 Å². The van der Waals surface area contributed by atoms with Crippen molar-refractivity contribution in [2.24, 2.45) is 0 Å². The van der Waals surface area contributed by atoms with Gasteiger partial charge in [0.15, 0.2) is 0 Å². The first-order valence-electron chi connectivity index (χ1n) is 7.76. The molecule has 0 amide bonds. The van der Waals surface area contributed by atoms with Gasteiger partial charge in [-0.1, -0.05) is 0 Å². The molecule has 0 bridgehead atoms. The number of nitrogens with zero attached hydrogens (tertiary/aromatic N) is 2. The lowest BCUT2D eigenvalue weighted by atomic mass is 10.3. The van der Waals surface area contributed by atoms with E-state index in [0.717, 1.165) is 0 Å². The van der Waals surface area contributed by atoms with Gasteiger partial charge in [0.05, 0.1) is 35.6 Å². The summed E-state index contributed by atoms with van der Waals surface area (Å²) in [5, 5.41) is 21.1. The van der Waals surface area contributed by atoms with Gasteiger partial charge in [-0.15, -0.1) is 0 Å². The van der Waals surface area contributed by atoms with Crippen molar-refractivity contribution < 1.29 is 24.1 Å². The van der Waals surface area contributed by atoms with Gasteiger partial charge in [0.25, 0.3) is 11.4 Å². The predicted octanol–water partition coefficient (Wildman–Crippen LogP) is 4.00. The van der Waals surface area contributed by atoms with Crippen LogP contribution in [0.2, 0.25) is 0 Å². The highest BCUT2D eigenvalue weighted by Gasteiger charge is 2.04. The van der Waals surface area contributed by atoms with Crippen molar-refractivity contribution >= 4 is 11.4 Å². The third-order valence-electron chi connectivity index (χ3n) is 3.12. The molecule has 140 valence electrons. The summed E-state index contributed by atoms with van der Waals surface area (Å²) in [5.41, 5.74) is -0.00482. The van der Waals surface area contributed by atoms with Crippen LogP contribution in [-0.4, -0.2) is 23.1 Å². The summed E-state index contributed by atoms with van der Waals surface area (Å²) in [7, 11) is 0. The normalized spacial score (nSPS) is 11.0. The molecular weight excluding hydrogens is 356 g/mol. The lowest BCUT2D eigenvalue weighted by Gasteiger charge is -2.00. The van der Waals surface area contributed by atoms with Gasteiger partial charge in [-0.25, -0.2) is 0 Å². The monoisotopic (exact) mass is 372 g/mol. The van der Waals surface area contributed by atoms with E-state index in [1.165, 1.54) is 61.1 Å². The van der Waals surface area contributed by atoms with E-state index in [4.69, 9.17) is 14.2 Å². The van der Waals surface area contributed by atoms with Crippen LogP contribution in [-0.2, 0) is 4.74 Å². The Morgan fingerprint density at radius 2 is 1.07 bits per heavy atom. The van der Waals surface area contributed by atoms with Crippen LogP contribution >= 0.6 is 0 Å². The smallest absolute Gasteiger partial charge is 0.269 e. The minimum absolute atomic E-state index is 0.00241.